The molecule has 2 heterocycles. The van der Waals surface area contributed by atoms with E-state index in [2.05, 4.69) is 20.3 Å². The molecule has 0 spiro atoms. The van der Waals surface area contributed by atoms with E-state index in [0.717, 1.165) is 0 Å². The Labute approximate surface area is 191 Å². The molecule has 10 heteroatoms. The first-order chi connectivity index (χ1) is 14.9. The van der Waals surface area contributed by atoms with Crippen molar-refractivity contribution in [2.24, 2.45) is 0 Å². The van der Waals surface area contributed by atoms with Crippen LogP contribution in [0.25, 0.3) is 22.3 Å². The largest absolute Gasteiger partial charge is 0.449 e. The third-order valence-electron chi connectivity index (χ3n) is 4.31. The van der Waals surface area contributed by atoms with Crippen molar-refractivity contribution < 1.29 is 14.3 Å². The number of thiazole rings is 1. The van der Waals surface area contributed by atoms with Gasteiger partial charge in [-0.3, -0.25) is 20.1 Å². The first-order valence-electron chi connectivity index (χ1n) is 9.05. The number of esters is 1. The van der Waals surface area contributed by atoms with Gasteiger partial charge in [0.1, 0.15) is 5.52 Å². The van der Waals surface area contributed by atoms with Gasteiger partial charge in [-0.25, -0.2) is 9.78 Å². The van der Waals surface area contributed by atoms with Crippen LogP contribution in [0, 0.1) is 0 Å². The molecule has 0 radical (unpaired) electrons. The summed E-state index contributed by atoms with van der Waals surface area (Å²) in [6, 6.07) is 10.1. The summed E-state index contributed by atoms with van der Waals surface area (Å²) in [6.45, 7) is 1.48. The SMILES string of the molecule is CC(OC(=O)c1cccc2nccnc12)C(=O)Nc1nc(-c2ccc(Cl)cc2Cl)cs1. The average Bonchev–Trinajstić information content (AvgIpc) is 3.21. The quantitative estimate of drug-likeness (QED) is 0.398. The van der Waals surface area contributed by atoms with E-state index in [1.807, 2.05) is 0 Å². The Bertz CT molecular complexity index is 1290. The summed E-state index contributed by atoms with van der Waals surface area (Å²) in [5, 5.41) is 5.74. The molecule has 4 rings (SSSR count). The fraction of sp³-hybridized carbons (Fsp3) is 0.0952. The van der Waals surface area contributed by atoms with E-state index in [9.17, 15) is 9.59 Å². The molecule has 156 valence electrons. The van der Waals surface area contributed by atoms with Crippen molar-refractivity contribution in [1.29, 1.82) is 0 Å². The third kappa shape index (κ3) is 4.66. The number of para-hydroxylation sites is 1. The first kappa shape index (κ1) is 21.2. The van der Waals surface area contributed by atoms with Crippen molar-refractivity contribution in [3.05, 3.63) is 69.8 Å². The molecule has 0 aliphatic heterocycles. The number of fused-ring (bicyclic) bond motifs is 1. The molecule has 0 aliphatic rings. The van der Waals surface area contributed by atoms with Crippen LogP contribution in [-0.2, 0) is 9.53 Å². The maximum atomic E-state index is 12.6. The van der Waals surface area contributed by atoms with Gasteiger partial charge in [-0.15, -0.1) is 11.3 Å². The topological polar surface area (TPSA) is 94.1 Å². The molecule has 0 saturated carbocycles. The van der Waals surface area contributed by atoms with Gasteiger partial charge in [0.05, 0.1) is 21.8 Å². The van der Waals surface area contributed by atoms with Crippen molar-refractivity contribution in [1.82, 2.24) is 15.0 Å². The van der Waals surface area contributed by atoms with E-state index >= 15 is 0 Å². The van der Waals surface area contributed by atoms with Crippen LogP contribution in [0.4, 0.5) is 5.13 Å². The Balaban J connectivity index is 1.44. The normalized spacial score (nSPS) is 11.8. The molecule has 4 aromatic rings. The fourth-order valence-electron chi connectivity index (χ4n) is 2.79. The Morgan fingerprint density at radius 2 is 1.94 bits per heavy atom. The lowest BCUT2D eigenvalue weighted by atomic mass is 10.2. The number of nitrogens with zero attached hydrogens (tertiary/aromatic N) is 3. The van der Waals surface area contributed by atoms with E-state index in [1.54, 1.807) is 41.8 Å². The van der Waals surface area contributed by atoms with Gasteiger partial charge in [-0.05, 0) is 37.3 Å². The smallest absolute Gasteiger partial charge is 0.341 e. The minimum absolute atomic E-state index is 0.235. The summed E-state index contributed by atoms with van der Waals surface area (Å²) in [5.74, 6) is -1.18. The number of carbonyl (C=O) groups excluding carboxylic acids is 2. The number of halogens is 2. The molecular formula is C21H14Cl2N4O3S. The summed E-state index contributed by atoms with van der Waals surface area (Å²) in [5.41, 5.74) is 2.50. The number of benzene rings is 2. The molecule has 1 amide bonds. The Morgan fingerprint density at radius 3 is 2.74 bits per heavy atom. The van der Waals surface area contributed by atoms with E-state index in [1.165, 1.54) is 30.7 Å². The zero-order valence-corrected chi connectivity index (χ0v) is 18.3. The number of hydrogen-bond donors (Lipinski definition) is 1. The van der Waals surface area contributed by atoms with Gasteiger partial charge in [0.25, 0.3) is 5.91 Å². The van der Waals surface area contributed by atoms with Gasteiger partial charge in [-0.2, -0.15) is 0 Å². The van der Waals surface area contributed by atoms with Crippen LogP contribution in [0.2, 0.25) is 10.0 Å². The molecule has 0 saturated heterocycles. The summed E-state index contributed by atoms with van der Waals surface area (Å²) < 4.78 is 5.32. The van der Waals surface area contributed by atoms with Crippen molar-refractivity contribution >= 4 is 62.6 Å². The zero-order valence-electron chi connectivity index (χ0n) is 16.0. The van der Waals surface area contributed by atoms with Gasteiger partial charge in [0.15, 0.2) is 11.2 Å². The number of rotatable bonds is 5. The highest BCUT2D eigenvalue weighted by Gasteiger charge is 2.22. The van der Waals surface area contributed by atoms with Crippen LogP contribution in [-0.4, -0.2) is 32.9 Å². The Kier molecular flexibility index (Phi) is 6.13. The van der Waals surface area contributed by atoms with Crippen LogP contribution in [0.5, 0.6) is 0 Å². The molecule has 1 N–H and O–H groups in total. The summed E-state index contributed by atoms with van der Waals surface area (Å²) in [7, 11) is 0. The second-order valence-corrected chi connectivity index (χ2v) is 8.13. The second-order valence-electron chi connectivity index (χ2n) is 6.43. The molecule has 1 unspecified atom stereocenters. The molecule has 2 aromatic carbocycles. The van der Waals surface area contributed by atoms with E-state index in [4.69, 9.17) is 27.9 Å². The van der Waals surface area contributed by atoms with Crippen LogP contribution in [0.15, 0.2) is 54.2 Å². The summed E-state index contributed by atoms with van der Waals surface area (Å²) >= 11 is 13.4. The highest BCUT2D eigenvalue weighted by molar-refractivity contribution is 7.14. The monoisotopic (exact) mass is 472 g/mol. The van der Waals surface area contributed by atoms with Gasteiger partial charge >= 0.3 is 5.97 Å². The van der Waals surface area contributed by atoms with Crippen LogP contribution in [0.3, 0.4) is 0 Å². The molecular weight excluding hydrogens is 459 g/mol. The molecule has 7 nitrogen and oxygen atoms in total. The molecule has 2 aromatic heterocycles. The fourth-order valence-corrected chi connectivity index (χ4v) is 4.01. The standard InChI is InChI=1S/C21H14Cl2N4O3S/c1-11(30-20(29)14-3-2-4-16-18(14)25-8-7-24-16)19(28)27-21-26-17(10-31-21)13-6-5-12(22)9-15(13)23/h2-11H,1H3,(H,26,27,28). The lowest BCUT2D eigenvalue weighted by Crippen LogP contribution is -2.30. The molecule has 1 atom stereocenters. The maximum Gasteiger partial charge on any atom is 0.341 e. The number of nitrogens with one attached hydrogen (secondary N) is 1. The number of ether oxygens (including phenoxy) is 1. The van der Waals surface area contributed by atoms with E-state index < -0.39 is 18.0 Å². The molecule has 0 aliphatic carbocycles. The predicted molar refractivity (Wildman–Crippen MR) is 121 cm³/mol. The van der Waals surface area contributed by atoms with Gasteiger partial charge in [-0.1, -0.05) is 29.3 Å². The molecule has 0 fully saturated rings. The van der Waals surface area contributed by atoms with E-state index in [0.29, 0.717) is 37.5 Å². The van der Waals surface area contributed by atoms with Crippen molar-refractivity contribution in [2.75, 3.05) is 5.32 Å². The number of hydrogen-bond acceptors (Lipinski definition) is 7. The number of amides is 1. The van der Waals surface area contributed by atoms with Crippen molar-refractivity contribution in [3.63, 3.8) is 0 Å². The lowest BCUT2D eigenvalue weighted by Gasteiger charge is -2.13. The Morgan fingerprint density at radius 1 is 1.13 bits per heavy atom. The van der Waals surface area contributed by atoms with Crippen LogP contribution >= 0.6 is 34.5 Å². The minimum Gasteiger partial charge on any atom is -0.449 e. The van der Waals surface area contributed by atoms with Gasteiger partial charge < -0.3 is 4.74 Å². The highest BCUT2D eigenvalue weighted by Crippen LogP contribution is 2.32. The minimum atomic E-state index is -1.05. The van der Waals surface area contributed by atoms with Crippen LogP contribution in [0.1, 0.15) is 17.3 Å². The summed E-state index contributed by atoms with van der Waals surface area (Å²) in [6.07, 6.45) is 1.97. The maximum absolute atomic E-state index is 12.6. The van der Waals surface area contributed by atoms with Gasteiger partial charge in [0.2, 0.25) is 0 Å². The summed E-state index contributed by atoms with van der Waals surface area (Å²) in [4.78, 5) is 37.8. The predicted octanol–water partition coefficient (Wildman–Crippen LogP) is 5.24. The second kappa shape index (κ2) is 8.97. The third-order valence-corrected chi connectivity index (χ3v) is 5.62. The first-order valence-corrected chi connectivity index (χ1v) is 10.7. The number of carbonyl (C=O) groups is 2. The van der Waals surface area contributed by atoms with Crippen LogP contribution < -0.4 is 5.32 Å². The molecule has 0 bridgehead atoms. The van der Waals surface area contributed by atoms with Gasteiger partial charge in [0, 0.05) is 28.4 Å². The number of aromatic nitrogens is 3. The zero-order chi connectivity index (χ0) is 22.0. The number of anilines is 1. The van der Waals surface area contributed by atoms with Crippen molar-refractivity contribution in [2.45, 2.75) is 13.0 Å². The Hall–Kier alpha value is -3.07. The van der Waals surface area contributed by atoms with Crippen molar-refractivity contribution in [3.8, 4) is 11.3 Å². The molecule has 31 heavy (non-hydrogen) atoms. The highest BCUT2D eigenvalue weighted by atomic mass is 35.5. The van der Waals surface area contributed by atoms with E-state index in [-0.39, 0.29) is 5.56 Å². The lowest BCUT2D eigenvalue weighted by molar-refractivity contribution is -0.123. The average molecular weight is 473 g/mol.